The molecule has 0 N–H and O–H groups in total. The van der Waals surface area contributed by atoms with Crippen LogP contribution < -0.4 is 9.47 Å². The van der Waals surface area contributed by atoms with Crippen LogP contribution in [0.1, 0.15) is 76.3 Å². The van der Waals surface area contributed by atoms with Crippen LogP contribution >= 0.6 is 0 Å². The first-order valence-electron chi connectivity index (χ1n) is 18.7. The van der Waals surface area contributed by atoms with Crippen molar-refractivity contribution in [2.45, 2.75) is 96.9 Å². The van der Waals surface area contributed by atoms with Crippen molar-refractivity contribution < 1.29 is 54.9 Å². The van der Waals surface area contributed by atoms with E-state index in [0.717, 1.165) is 17.2 Å². The number of rotatable bonds is 13. The van der Waals surface area contributed by atoms with E-state index >= 15 is 0 Å². The van der Waals surface area contributed by atoms with Crippen LogP contribution in [0.5, 0.6) is 11.5 Å². The first-order chi connectivity index (χ1) is 26.0. The normalized spacial score (nSPS) is 19.2. The highest BCUT2D eigenvalue weighted by molar-refractivity contribution is 5.75. The van der Waals surface area contributed by atoms with Gasteiger partial charge in [-0.15, -0.1) is 0 Å². The molecule has 1 aliphatic heterocycles. The van der Waals surface area contributed by atoms with Gasteiger partial charge >= 0.3 is 24.4 Å². The number of esters is 1. The lowest BCUT2D eigenvalue weighted by Gasteiger charge is -2.30. The van der Waals surface area contributed by atoms with Crippen molar-refractivity contribution in [1.29, 1.82) is 0 Å². The number of hydrogen-bond donors (Lipinski definition) is 0. The van der Waals surface area contributed by atoms with Gasteiger partial charge in [0, 0.05) is 32.1 Å². The molecule has 0 spiro atoms. The van der Waals surface area contributed by atoms with Crippen LogP contribution in [0.15, 0.2) is 66.7 Å². The summed E-state index contributed by atoms with van der Waals surface area (Å²) in [6.45, 7) is 14.4. The minimum absolute atomic E-state index is 0.0328. The van der Waals surface area contributed by atoms with Gasteiger partial charge in [-0.25, -0.2) is 9.59 Å². The van der Waals surface area contributed by atoms with E-state index in [-0.39, 0.29) is 67.6 Å². The summed E-state index contributed by atoms with van der Waals surface area (Å²) in [5.41, 5.74) is -1.76. The smallest absolute Gasteiger partial charge is 0.416 e. The summed E-state index contributed by atoms with van der Waals surface area (Å²) < 4.78 is 104. The Labute approximate surface area is 324 Å². The number of likely N-dealkylation sites (tertiary alicyclic amines) is 1. The maximum Gasteiger partial charge on any atom is 0.416 e. The number of fused-ring (bicyclic) bond motifs is 1. The Morgan fingerprint density at radius 2 is 1.39 bits per heavy atom. The summed E-state index contributed by atoms with van der Waals surface area (Å²) in [7, 11) is 0. The maximum absolute atomic E-state index is 13.8. The van der Waals surface area contributed by atoms with E-state index in [1.807, 2.05) is 36.4 Å². The third-order valence-corrected chi connectivity index (χ3v) is 9.84. The summed E-state index contributed by atoms with van der Waals surface area (Å²) in [5, 5.41) is 0. The highest BCUT2D eigenvalue weighted by atomic mass is 19.4. The third kappa shape index (κ3) is 11.1. The SMILES string of the molecule is CCOC(=O)[C@H](Cc1ccc(OCCN(C(=O)OC(C)(C)C)C2C3CN(Cc4ccc(C(F)(F)F)cc4C(F)(F)F)C[C@H]32)cc1)Oc1ccc(C(C)(C)C)cc1. The van der Waals surface area contributed by atoms with E-state index in [9.17, 15) is 35.9 Å². The number of halogens is 6. The van der Waals surface area contributed by atoms with Gasteiger partial charge in [-0.3, -0.25) is 4.90 Å². The predicted octanol–water partition coefficient (Wildman–Crippen LogP) is 9.32. The second-order valence-electron chi connectivity index (χ2n) is 16.4. The number of ether oxygens (including phenoxy) is 4. The number of alkyl halides is 6. The predicted molar refractivity (Wildman–Crippen MR) is 197 cm³/mol. The first-order valence-corrected chi connectivity index (χ1v) is 18.7. The van der Waals surface area contributed by atoms with Gasteiger partial charge in [-0.1, -0.05) is 51.1 Å². The second kappa shape index (κ2) is 16.6. The number of nitrogens with zero attached hydrogens (tertiary/aromatic N) is 2. The average Bonchev–Trinajstić information content (AvgIpc) is 3.56. The van der Waals surface area contributed by atoms with Crippen LogP contribution in [-0.2, 0) is 45.0 Å². The summed E-state index contributed by atoms with van der Waals surface area (Å²) in [5.74, 6) is 0.512. The molecule has 2 fully saturated rings. The molecule has 1 saturated heterocycles. The molecule has 56 heavy (non-hydrogen) atoms. The highest BCUT2D eigenvalue weighted by Crippen LogP contribution is 2.50. The molecule has 0 aromatic heterocycles. The lowest BCUT2D eigenvalue weighted by Crippen LogP contribution is -2.43. The van der Waals surface area contributed by atoms with E-state index in [4.69, 9.17) is 18.9 Å². The van der Waals surface area contributed by atoms with Gasteiger partial charge < -0.3 is 23.8 Å². The van der Waals surface area contributed by atoms with Crippen LogP contribution in [0.4, 0.5) is 31.1 Å². The molecule has 2 unspecified atom stereocenters. The zero-order chi connectivity index (χ0) is 41.2. The number of carbonyl (C=O) groups excluding carboxylic acids is 2. The van der Waals surface area contributed by atoms with E-state index in [0.29, 0.717) is 30.7 Å². The highest BCUT2D eigenvalue weighted by Gasteiger charge is 2.60. The first kappa shape index (κ1) is 42.7. The Hall–Kier alpha value is -4.46. The van der Waals surface area contributed by atoms with Crippen molar-refractivity contribution in [3.05, 3.63) is 94.5 Å². The van der Waals surface area contributed by atoms with E-state index in [1.54, 1.807) is 49.6 Å². The molecule has 306 valence electrons. The third-order valence-electron chi connectivity index (χ3n) is 9.84. The largest absolute Gasteiger partial charge is 0.492 e. The molecule has 8 nitrogen and oxygen atoms in total. The summed E-state index contributed by atoms with van der Waals surface area (Å²) in [6.07, 6.45) is -11.0. The Balaban J connectivity index is 1.19. The van der Waals surface area contributed by atoms with E-state index < -0.39 is 47.2 Å². The average molecular weight is 793 g/mol. The fourth-order valence-electron chi connectivity index (χ4n) is 7.06. The van der Waals surface area contributed by atoms with Crippen molar-refractivity contribution in [3.8, 4) is 11.5 Å². The van der Waals surface area contributed by atoms with Crippen molar-refractivity contribution in [1.82, 2.24) is 9.80 Å². The van der Waals surface area contributed by atoms with Crippen molar-refractivity contribution >= 4 is 12.1 Å². The second-order valence-corrected chi connectivity index (χ2v) is 16.4. The van der Waals surface area contributed by atoms with Gasteiger partial charge in [-0.2, -0.15) is 26.3 Å². The van der Waals surface area contributed by atoms with Gasteiger partial charge in [0.1, 0.15) is 23.7 Å². The summed E-state index contributed by atoms with van der Waals surface area (Å²) in [6, 6.07) is 16.3. The topological polar surface area (TPSA) is 77.5 Å². The molecule has 5 rings (SSSR count). The molecule has 0 radical (unpaired) electrons. The lowest BCUT2D eigenvalue weighted by atomic mass is 9.87. The molecule has 1 aliphatic carbocycles. The van der Waals surface area contributed by atoms with Gasteiger partial charge in [0.05, 0.1) is 24.3 Å². The summed E-state index contributed by atoms with van der Waals surface area (Å²) in [4.78, 5) is 29.6. The Morgan fingerprint density at radius 1 is 0.804 bits per heavy atom. The van der Waals surface area contributed by atoms with Crippen LogP contribution in [0.2, 0.25) is 0 Å². The van der Waals surface area contributed by atoms with Crippen molar-refractivity contribution in [2.75, 3.05) is 32.8 Å². The van der Waals surface area contributed by atoms with Gasteiger partial charge in [0.2, 0.25) is 0 Å². The van der Waals surface area contributed by atoms with Crippen molar-refractivity contribution in [2.24, 2.45) is 11.8 Å². The summed E-state index contributed by atoms with van der Waals surface area (Å²) >= 11 is 0. The van der Waals surface area contributed by atoms with Crippen LogP contribution in [0, 0.1) is 11.8 Å². The molecule has 1 amide bonds. The van der Waals surface area contributed by atoms with Crippen LogP contribution in [0.25, 0.3) is 0 Å². The van der Waals surface area contributed by atoms with E-state index in [2.05, 4.69) is 20.8 Å². The Morgan fingerprint density at radius 3 is 1.93 bits per heavy atom. The van der Waals surface area contributed by atoms with Gasteiger partial charge in [0.25, 0.3) is 0 Å². The van der Waals surface area contributed by atoms with Gasteiger partial charge in [0.15, 0.2) is 6.10 Å². The molecular weight excluding hydrogens is 742 g/mol. The Bertz CT molecular complexity index is 1800. The number of benzene rings is 3. The maximum atomic E-state index is 13.8. The molecule has 1 saturated carbocycles. The Kier molecular flexibility index (Phi) is 12.6. The number of hydrogen-bond acceptors (Lipinski definition) is 7. The fraction of sp³-hybridized carbons (Fsp3) is 0.524. The minimum atomic E-state index is -4.95. The minimum Gasteiger partial charge on any atom is -0.492 e. The quantitative estimate of drug-likeness (QED) is 0.126. The van der Waals surface area contributed by atoms with Crippen molar-refractivity contribution in [3.63, 3.8) is 0 Å². The lowest BCUT2D eigenvalue weighted by molar-refractivity contribution is -0.151. The zero-order valence-corrected chi connectivity index (χ0v) is 32.7. The molecule has 2 aliphatic rings. The van der Waals surface area contributed by atoms with Crippen LogP contribution in [-0.4, -0.2) is 72.5 Å². The standard InChI is InChI=1S/C42H50F6N2O6/c1-8-53-37(51)35(55-31-17-13-28(14-18-31)39(2,3)4)21-26-9-15-30(16-10-26)54-20-19-50(38(52)56-40(5,6)7)36-32-24-49(25-33(32)36)23-27-11-12-29(41(43,44)45)22-34(27)42(46,47)48/h9-18,22,32-33,35-36H,8,19-21,23-25H2,1-7H3/t32-,33?,35+,36?/m1/s1. The fourth-order valence-corrected chi connectivity index (χ4v) is 7.06. The molecule has 0 bridgehead atoms. The monoisotopic (exact) mass is 792 g/mol. The number of amides is 1. The molecule has 4 atom stereocenters. The molecule has 1 heterocycles. The molecule has 3 aromatic carbocycles. The molecule has 14 heteroatoms. The van der Waals surface area contributed by atoms with Crippen LogP contribution in [0.3, 0.4) is 0 Å². The van der Waals surface area contributed by atoms with E-state index in [1.165, 1.54) is 0 Å². The zero-order valence-electron chi connectivity index (χ0n) is 32.7. The molecular formula is C42H50F6N2O6. The number of piperidine rings is 1. The van der Waals surface area contributed by atoms with Gasteiger partial charge in [-0.05, 0) is 98.0 Å². The number of carbonyl (C=O) groups is 2. The molecule has 3 aromatic rings.